The van der Waals surface area contributed by atoms with Gasteiger partial charge in [0.05, 0.1) is 24.9 Å². The number of halogens is 1. The highest BCUT2D eigenvalue weighted by Crippen LogP contribution is 2.36. The van der Waals surface area contributed by atoms with Crippen LogP contribution in [-0.2, 0) is 12.8 Å². The van der Waals surface area contributed by atoms with Crippen LogP contribution in [0.4, 0.5) is 5.69 Å². The Morgan fingerprint density at radius 1 is 1.18 bits per heavy atom. The van der Waals surface area contributed by atoms with Crippen LogP contribution in [0.25, 0.3) is 10.9 Å². The Labute approximate surface area is 169 Å². The highest BCUT2D eigenvalue weighted by atomic mass is 35.5. The van der Waals surface area contributed by atoms with Crippen LogP contribution in [0.15, 0.2) is 30.3 Å². The zero-order valence-corrected chi connectivity index (χ0v) is 16.9. The van der Waals surface area contributed by atoms with Gasteiger partial charge in [-0.15, -0.1) is 0 Å². The molecule has 2 aromatic carbocycles. The second kappa shape index (κ2) is 7.40. The van der Waals surface area contributed by atoms with Crippen molar-refractivity contribution in [1.82, 2.24) is 4.98 Å². The van der Waals surface area contributed by atoms with E-state index in [9.17, 15) is 4.79 Å². The molecule has 6 heteroatoms. The number of amides is 1. The smallest absolute Gasteiger partial charge is 0.255 e. The maximum atomic E-state index is 12.9. The first kappa shape index (κ1) is 18.7. The number of carbonyl (C=O) groups excluding carboxylic acids is 1. The Bertz CT molecular complexity index is 1060. The van der Waals surface area contributed by atoms with Gasteiger partial charge in [0.2, 0.25) is 0 Å². The number of carbonyl (C=O) groups is 1. The number of rotatable bonds is 4. The number of aryl methyl sites for hydroxylation is 1. The number of hydrogen-bond acceptors (Lipinski definition) is 3. The average Bonchev–Trinajstić information content (AvgIpc) is 3.05. The quantitative estimate of drug-likeness (QED) is 0.633. The molecule has 1 unspecified atom stereocenters. The minimum atomic E-state index is -0.208. The summed E-state index contributed by atoms with van der Waals surface area (Å²) >= 11 is 6.21. The summed E-state index contributed by atoms with van der Waals surface area (Å²) in [5, 5.41) is 4.44. The molecule has 0 spiro atoms. The van der Waals surface area contributed by atoms with Crippen LogP contribution in [0, 0.1) is 5.92 Å². The number of nitrogens with one attached hydrogen (secondary N) is 2. The maximum Gasteiger partial charge on any atom is 0.255 e. The van der Waals surface area contributed by atoms with Gasteiger partial charge in [0.1, 0.15) is 11.5 Å². The van der Waals surface area contributed by atoms with Crippen molar-refractivity contribution in [2.45, 2.75) is 26.2 Å². The Morgan fingerprint density at radius 3 is 2.71 bits per heavy atom. The van der Waals surface area contributed by atoms with Crippen molar-refractivity contribution in [1.29, 1.82) is 0 Å². The van der Waals surface area contributed by atoms with Crippen molar-refractivity contribution in [3.8, 4) is 11.5 Å². The SMILES string of the molecule is COc1cc(OC)c(NC(=O)c2ccc3[nH]c4c(c3c2)CC(C)CC4)cc1Cl. The zero-order valence-electron chi connectivity index (χ0n) is 16.2. The lowest BCUT2D eigenvalue weighted by Gasteiger charge is -2.18. The minimum absolute atomic E-state index is 0.208. The first-order valence-electron chi connectivity index (χ1n) is 9.36. The standard InChI is InChI=1S/C22H23ClN2O3/c1-12-4-6-17-14(8-12)15-9-13(5-7-18(15)24-17)22(26)25-19-10-16(23)20(27-2)11-21(19)28-3/h5,7,9-12,24H,4,6,8H2,1-3H3,(H,25,26). The van der Waals surface area contributed by atoms with Gasteiger partial charge < -0.3 is 19.8 Å². The molecule has 0 aliphatic heterocycles. The first-order chi connectivity index (χ1) is 13.5. The molecule has 0 saturated carbocycles. The van der Waals surface area contributed by atoms with E-state index in [1.807, 2.05) is 18.2 Å². The molecule has 0 radical (unpaired) electrons. The lowest BCUT2D eigenvalue weighted by atomic mass is 9.87. The van der Waals surface area contributed by atoms with E-state index in [0.717, 1.165) is 23.7 Å². The molecule has 1 aliphatic rings. The molecule has 3 aromatic rings. The number of ether oxygens (including phenoxy) is 2. The molecule has 0 bridgehead atoms. The molecular weight excluding hydrogens is 376 g/mol. The van der Waals surface area contributed by atoms with Crippen LogP contribution in [0.1, 0.15) is 35.0 Å². The molecule has 5 nitrogen and oxygen atoms in total. The van der Waals surface area contributed by atoms with E-state index < -0.39 is 0 Å². The summed E-state index contributed by atoms with van der Waals surface area (Å²) < 4.78 is 10.6. The van der Waals surface area contributed by atoms with Gasteiger partial charge in [-0.05, 0) is 55.0 Å². The number of benzene rings is 2. The van der Waals surface area contributed by atoms with Gasteiger partial charge >= 0.3 is 0 Å². The normalized spacial score (nSPS) is 15.9. The molecule has 1 heterocycles. The van der Waals surface area contributed by atoms with Gasteiger partial charge in [-0.2, -0.15) is 0 Å². The molecule has 28 heavy (non-hydrogen) atoms. The second-order valence-corrected chi connectivity index (χ2v) is 7.74. The van der Waals surface area contributed by atoms with Crippen molar-refractivity contribution in [2.75, 3.05) is 19.5 Å². The number of hydrogen-bond donors (Lipinski definition) is 2. The molecule has 1 atom stereocenters. The van der Waals surface area contributed by atoms with E-state index in [1.165, 1.54) is 31.9 Å². The Kier molecular flexibility index (Phi) is 4.94. The Balaban J connectivity index is 1.66. The van der Waals surface area contributed by atoms with E-state index in [1.54, 1.807) is 12.1 Å². The van der Waals surface area contributed by atoms with E-state index in [4.69, 9.17) is 21.1 Å². The minimum Gasteiger partial charge on any atom is -0.495 e. The van der Waals surface area contributed by atoms with E-state index in [2.05, 4.69) is 17.2 Å². The number of methoxy groups -OCH3 is 2. The molecule has 1 aliphatic carbocycles. The fourth-order valence-corrected chi connectivity index (χ4v) is 4.13. The third kappa shape index (κ3) is 3.31. The topological polar surface area (TPSA) is 63.4 Å². The number of H-pyrrole nitrogens is 1. The summed E-state index contributed by atoms with van der Waals surface area (Å²) in [5.41, 5.74) is 4.83. The van der Waals surface area contributed by atoms with Gasteiger partial charge in [0.25, 0.3) is 5.91 Å². The second-order valence-electron chi connectivity index (χ2n) is 7.33. The summed E-state index contributed by atoms with van der Waals surface area (Å²) in [5.74, 6) is 1.43. The monoisotopic (exact) mass is 398 g/mol. The highest BCUT2D eigenvalue weighted by Gasteiger charge is 2.21. The first-order valence-corrected chi connectivity index (χ1v) is 9.74. The Hall–Kier alpha value is -2.66. The van der Waals surface area contributed by atoms with Crippen LogP contribution in [0.5, 0.6) is 11.5 Å². The van der Waals surface area contributed by atoms with Gasteiger partial charge in [-0.3, -0.25) is 4.79 Å². The highest BCUT2D eigenvalue weighted by molar-refractivity contribution is 6.32. The molecule has 2 N–H and O–H groups in total. The predicted octanol–water partition coefficient (Wildman–Crippen LogP) is 5.22. The number of aromatic nitrogens is 1. The lowest BCUT2D eigenvalue weighted by molar-refractivity contribution is 0.102. The van der Waals surface area contributed by atoms with E-state index >= 15 is 0 Å². The fourth-order valence-electron chi connectivity index (χ4n) is 3.88. The van der Waals surface area contributed by atoms with Gasteiger partial charge in [0.15, 0.2) is 0 Å². The fraction of sp³-hybridized carbons (Fsp3) is 0.318. The molecule has 0 fully saturated rings. The average molecular weight is 399 g/mol. The van der Waals surface area contributed by atoms with Gasteiger partial charge in [-0.25, -0.2) is 0 Å². The van der Waals surface area contributed by atoms with E-state index in [-0.39, 0.29) is 5.91 Å². The Morgan fingerprint density at radius 2 is 1.96 bits per heavy atom. The molecule has 0 saturated heterocycles. The third-order valence-corrected chi connectivity index (χ3v) is 5.71. The summed E-state index contributed by atoms with van der Waals surface area (Å²) in [7, 11) is 3.07. The number of anilines is 1. The molecule has 146 valence electrons. The molecular formula is C22H23ClN2O3. The van der Waals surface area contributed by atoms with Crippen molar-refractivity contribution >= 4 is 34.1 Å². The zero-order chi connectivity index (χ0) is 19.8. The van der Waals surface area contributed by atoms with Crippen LogP contribution in [0.3, 0.4) is 0 Å². The summed E-state index contributed by atoms with van der Waals surface area (Å²) in [6, 6.07) is 9.07. The number of aromatic amines is 1. The largest absolute Gasteiger partial charge is 0.495 e. The summed E-state index contributed by atoms with van der Waals surface area (Å²) in [4.78, 5) is 16.4. The molecule has 1 aromatic heterocycles. The molecule has 1 amide bonds. The maximum absolute atomic E-state index is 12.9. The van der Waals surface area contributed by atoms with Crippen molar-refractivity contribution in [3.63, 3.8) is 0 Å². The van der Waals surface area contributed by atoms with Crippen molar-refractivity contribution < 1.29 is 14.3 Å². The van der Waals surface area contributed by atoms with Crippen molar-refractivity contribution in [2.24, 2.45) is 5.92 Å². The van der Waals surface area contributed by atoms with Gasteiger partial charge in [-0.1, -0.05) is 18.5 Å². The third-order valence-electron chi connectivity index (χ3n) is 5.42. The summed E-state index contributed by atoms with van der Waals surface area (Å²) in [6.45, 7) is 2.28. The predicted molar refractivity (Wildman–Crippen MR) is 112 cm³/mol. The molecule has 4 rings (SSSR count). The summed E-state index contributed by atoms with van der Waals surface area (Å²) in [6.07, 6.45) is 3.31. The van der Waals surface area contributed by atoms with Gasteiger partial charge in [0, 0.05) is 28.2 Å². The van der Waals surface area contributed by atoms with E-state index in [0.29, 0.717) is 33.7 Å². The van der Waals surface area contributed by atoms with Crippen LogP contribution < -0.4 is 14.8 Å². The number of fused-ring (bicyclic) bond motifs is 3. The van der Waals surface area contributed by atoms with Crippen LogP contribution >= 0.6 is 11.6 Å². The van der Waals surface area contributed by atoms with Crippen LogP contribution in [-0.4, -0.2) is 25.1 Å². The lowest BCUT2D eigenvalue weighted by Crippen LogP contribution is -2.13. The van der Waals surface area contributed by atoms with Crippen molar-refractivity contribution in [3.05, 3.63) is 52.2 Å². The van der Waals surface area contributed by atoms with Crippen LogP contribution in [0.2, 0.25) is 5.02 Å².